The van der Waals surface area contributed by atoms with E-state index in [4.69, 9.17) is 38.7 Å². The highest BCUT2D eigenvalue weighted by Gasteiger charge is 2.28. The number of hydrogen-bond acceptors (Lipinski definition) is 8. The summed E-state index contributed by atoms with van der Waals surface area (Å²) in [7, 11) is 0. The average Bonchev–Trinajstić information content (AvgIpc) is 1.57. The summed E-state index contributed by atoms with van der Waals surface area (Å²) in [6, 6.07) is 136. The summed E-state index contributed by atoms with van der Waals surface area (Å²) < 4.78 is 18.9. The van der Waals surface area contributed by atoms with Gasteiger partial charge in [0.1, 0.15) is 22.3 Å². The molecule has 0 unspecified atom stereocenters. The first-order valence-corrected chi connectivity index (χ1v) is 40.9. The number of nitrogens with zero attached hydrogens (tertiary/aromatic N) is 8. The highest BCUT2D eigenvalue weighted by Crippen LogP contribution is 2.48. The molecular weight excluding hydrogens is 1480 g/mol. The number of hydrogen-bond donors (Lipinski definition) is 0. The van der Waals surface area contributed by atoms with Crippen LogP contribution < -0.4 is 0 Å². The first-order valence-electron chi connectivity index (χ1n) is 40.9. The van der Waals surface area contributed by atoms with Gasteiger partial charge in [0.25, 0.3) is 0 Å². The quantitative estimate of drug-likeness (QED) is 0.106. The molecule has 23 aromatic rings. The zero-order chi connectivity index (χ0) is 80.3. The molecule has 0 amide bonds. The second kappa shape index (κ2) is 28.7. The smallest absolute Gasteiger partial charge is 0.166 e. The van der Waals surface area contributed by atoms with Crippen LogP contribution in [0, 0.1) is 20.8 Å². The number of para-hydroxylation sites is 3. The molecule has 0 bridgehead atoms. The van der Waals surface area contributed by atoms with E-state index in [1.165, 1.54) is 16.7 Å². The van der Waals surface area contributed by atoms with E-state index < -0.39 is 0 Å². The summed E-state index contributed by atoms with van der Waals surface area (Å²) in [5.41, 5.74) is 30.5. The van der Waals surface area contributed by atoms with Crippen LogP contribution in [0.25, 0.3) is 234 Å². The number of rotatable bonds is 14. The lowest BCUT2D eigenvalue weighted by Crippen LogP contribution is -2.04. The number of aryl methyl sites for hydroxylation is 3. The maximum absolute atomic E-state index is 7.27. The molecule has 0 aliphatic rings. The van der Waals surface area contributed by atoms with E-state index in [0.29, 0.717) is 34.9 Å². The van der Waals surface area contributed by atoms with Gasteiger partial charge in [0.2, 0.25) is 0 Å². The molecule has 6 heterocycles. The summed E-state index contributed by atoms with van der Waals surface area (Å²) in [6.45, 7) is 6.44. The van der Waals surface area contributed by atoms with Gasteiger partial charge in [-0.2, -0.15) is 0 Å². The molecule has 0 aliphatic heterocycles. The zero-order valence-corrected chi connectivity index (χ0v) is 66.3. The van der Waals surface area contributed by atoms with Gasteiger partial charge in [-0.3, -0.25) is 0 Å². The second-order valence-electron chi connectivity index (χ2n) is 31.5. The van der Waals surface area contributed by atoms with Crippen LogP contribution in [0.2, 0.25) is 0 Å². The van der Waals surface area contributed by atoms with E-state index in [9.17, 15) is 0 Å². The third kappa shape index (κ3) is 12.3. The Kier molecular flexibility index (Phi) is 16.7. The largest absolute Gasteiger partial charge is 0.455 e. The van der Waals surface area contributed by atoms with Gasteiger partial charge < -0.3 is 18.0 Å². The Bertz CT molecular complexity index is 7890. The molecule has 0 atom stereocenters. The Labute approximate surface area is 697 Å². The van der Waals surface area contributed by atoms with E-state index in [1.54, 1.807) is 0 Å². The Morgan fingerprint density at radius 2 is 0.562 bits per heavy atom. The number of furan rings is 2. The van der Waals surface area contributed by atoms with E-state index in [2.05, 4.69) is 327 Å². The van der Waals surface area contributed by atoms with Gasteiger partial charge in [-0.1, -0.05) is 320 Å². The van der Waals surface area contributed by atoms with Crippen LogP contribution in [-0.2, 0) is 0 Å². The third-order valence-electron chi connectivity index (χ3n) is 23.8. The van der Waals surface area contributed by atoms with Gasteiger partial charge in [-0.05, 0) is 155 Å². The van der Waals surface area contributed by atoms with Gasteiger partial charge in [0.15, 0.2) is 34.9 Å². The van der Waals surface area contributed by atoms with Crippen LogP contribution in [0.4, 0.5) is 0 Å². The molecule has 10 nitrogen and oxygen atoms in total. The summed E-state index contributed by atoms with van der Waals surface area (Å²) in [5, 5.41) is 8.51. The molecule has 6 aromatic heterocycles. The van der Waals surface area contributed by atoms with Crippen molar-refractivity contribution in [2.24, 2.45) is 0 Å². The lowest BCUT2D eigenvalue weighted by Gasteiger charge is -2.17. The van der Waals surface area contributed by atoms with Crippen LogP contribution in [0.5, 0.6) is 0 Å². The van der Waals surface area contributed by atoms with Gasteiger partial charge in [0, 0.05) is 87.6 Å². The van der Waals surface area contributed by atoms with Gasteiger partial charge in [-0.25, -0.2) is 29.9 Å². The minimum Gasteiger partial charge on any atom is -0.455 e. The molecule has 0 fully saturated rings. The van der Waals surface area contributed by atoms with E-state index in [1.807, 2.05) is 84.9 Å². The van der Waals surface area contributed by atoms with Gasteiger partial charge in [-0.15, -0.1) is 0 Å². The molecule has 10 heteroatoms. The maximum Gasteiger partial charge on any atom is 0.166 e. The molecule has 0 spiro atoms. The number of aromatic nitrogens is 8. The summed E-state index contributed by atoms with van der Waals surface area (Å²) in [4.78, 5) is 32.5. The third-order valence-corrected chi connectivity index (χ3v) is 23.8. The van der Waals surface area contributed by atoms with E-state index >= 15 is 0 Å². The van der Waals surface area contributed by atoms with Crippen molar-refractivity contribution in [3.63, 3.8) is 0 Å². The normalized spacial score (nSPS) is 11.8. The van der Waals surface area contributed by atoms with Crippen molar-refractivity contribution in [1.29, 1.82) is 0 Å². The van der Waals surface area contributed by atoms with Gasteiger partial charge in [0.05, 0.1) is 33.4 Å². The predicted octanol–water partition coefficient (Wildman–Crippen LogP) is 29.0. The lowest BCUT2D eigenvalue weighted by molar-refractivity contribution is 0.669. The Morgan fingerprint density at radius 3 is 1.08 bits per heavy atom. The molecule has 0 saturated heterocycles. The maximum atomic E-state index is 7.27. The van der Waals surface area contributed by atoms with Crippen molar-refractivity contribution in [3.8, 4) is 146 Å². The minimum atomic E-state index is 0.523. The molecule has 23 rings (SSSR count). The fourth-order valence-electron chi connectivity index (χ4n) is 18.0. The van der Waals surface area contributed by atoms with Crippen molar-refractivity contribution in [3.05, 3.63) is 399 Å². The molecule has 0 aliphatic carbocycles. The average molecular weight is 1550 g/mol. The molecule has 568 valence electrons. The summed E-state index contributed by atoms with van der Waals surface area (Å²) in [5.74, 6) is 3.32. The first kappa shape index (κ1) is 70.4. The van der Waals surface area contributed by atoms with Gasteiger partial charge >= 0.3 is 0 Å². The van der Waals surface area contributed by atoms with E-state index in [0.717, 1.165) is 199 Å². The van der Waals surface area contributed by atoms with Crippen LogP contribution >= 0.6 is 0 Å². The van der Waals surface area contributed by atoms with Crippen molar-refractivity contribution < 1.29 is 8.83 Å². The van der Waals surface area contributed by atoms with Crippen LogP contribution in [-0.4, -0.2) is 39.0 Å². The Hall–Kier alpha value is -16.0. The van der Waals surface area contributed by atoms with Crippen molar-refractivity contribution >= 4 is 87.5 Å². The molecular formula is C111H72N8O2. The second-order valence-corrected chi connectivity index (χ2v) is 31.5. The molecule has 0 radical (unpaired) electrons. The number of benzene rings is 17. The Balaban J connectivity index is 0.723. The fourth-order valence-corrected chi connectivity index (χ4v) is 18.0. The van der Waals surface area contributed by atoms with Crippen molar-refractivity contribution in [1.82, 2.24) is 39.0 Å². The SMILES string of the molecule is Cc1ccc(-c2ccc3c4c(-c5ccc6oc7c(-c8ccc(-n9c%10ccc(-c%11cccc(C)c%11)cc%10c%10cc(-c%11cccc(C)c%11)ccc%109)c(-c9nc(-c%10ccccc%10)nc(-c%10ccccc%10)n9)c8)cccc7c6c5)cccc4n(-c4ccc(-c5cccc6c5oc5ccccc56)cc4-c4nc(-c5ccccc5)nc(-c5ccccc5)n4)c3c2)cc1. The summed E-state index contributed by atoms with van der Waals surface area (Å²) in [6.07, 6.45) is 0. The highest BCUT2D eigenvalue weighted by atomic mass is 16.3. The zero-order valence-electron chi connectivity index (χ0n) is 66.3. The minimum absolute atomic E-state index is 0.523. The molecule has 0 N–H and O–H groups in total. The molecule has 17 aromatic carbocycles. The fraction of sp³-hybridized carbons (Fsp3) is 0.0270. The predicted molar refractivity (Wildman–Crippen MR) is 496 cm³/mol. The lowest BCUT2D eigenvalue weighted by atomic mass is 9.96. The van der Waals surface area contributed by atoms with Crippen LogP contribution in [0.15, 0.2) is 391 Å². The van der Waals surface area contributed by atoms with Crippen molar-refractivity contribution in [2.75, 3.05) is 0 Å². The highest BCUT2D eigenvalue weighted by molar-refractivity contribution is 6.19. The molecule has 121 heavy (non-hydrogen) atoms. The van der Waals surface area contributed by atoms with Crippen LogP contribution in [0.3, 0.4) is 0 Å². The van der Waals surface area contributed by atoms with Crippen molar-refractivity contribution in [2.45, 2.75) is 20.8 Å². The topological polar surface area (TPSA) is 113 Å². The van der Waals surface area contributed by atoms with E-state index in [-0.39, 0.29) is 0 Å². The monoisotopic (exact) mass is 1550 g/mol. The standard InChI is InChI=1S/C111H72N8O2/c1-67-43-45-70(46-44-67)79-47-53-89-100(66-79)119(98-57-51-81(84-37-20-39-87-86-35-16-17-42-101(86)120-104(84)87)65-94(98)111-116-108(73-29-12-6-13-30-73)113-109(117-111)74-31-14-7-15-32-74)99-41-22-36-83(103(89)99)80-52-58-102-92(63-80)88-40-21-38-85(105(88)121-102)82-50-56-97(93(64-82)110-114-106(71-25-8-4-9-26-71)112-107(115-110)72-27-10-5-11-28-72)118-95-54-48-77(75-33-18-23-68(2)59-75)61-90(95)91-62-78(49-55-96(91)118)76-34-19-24-69(3)60-76/h4-66H,1-3H3. The summed E-state index contributed by atoms with van der Waals surface area (Å²) >= 11 is 0. The van der Waals surface area contributed by atoms with Crippen LogP contribution in [0.1, 0.15) is 16.7 Å². The Morgan fingerprint density at radius 1 is 0.190 bits per heavy atom. The molecule has 0 saturated carbocycles. The first-order chi connectivity index (χ1) is 59.7. The number of fused-ring (bicyclic) bond motifs is 12.